The van der Waals surface area contributed by atoms with Crippen molar-refractivity contribution >= 4 is 38.9 Å². The summed E-state index contributed by atoms with van der Waals surface area (Å²) < 4.78 is 47.9. The number of aromatic nitrogens is 2. The highest BCUT2D eigenvalue weighted by atomic mass is 35.5. The molecule has 0 fully saturated rings. The molecule has 0 saturated carbocycles. The zero-order valence-electron chi connectivity index (χ0n) is 21.7. The van der Waals surface area contributed by atoms with Crippen LogP contribution >= 0.6 is 11.6 Å². The molecule has 2 amide bonds. The average molecular weight is 579 g/mol. The Labute approximate surface area is 230 Å². The number of amides is 2. The lowest BCUT2D eigenvalue weighted by molar-refractivity contribution is -0.133. The predicted molar refractivity (Wildman–Crippen MR) is 141 cm³/mol. The van der Waals surface area contributed by atoms with E-state index in [2.05, 4.69) is 15.5 Å². The summed E-state index contributed by atoms with van der Waals surface area (Å²) in [5.74, 6) is -3.36. The Morgan fingerprint density at radius 2 is 1.92 bits per heavy atom. The zero-order chi connectivity index (χ0) is 28.7. The Morgan fingerprint density at radius 3 is 2.51 bits per heavy atom. The third-order valence-corrected chi connectivity index (χ3v) is 8.20. The van der Waals surface area contributed by atoms with Gasteiger partial charge in [-0.25, -0.2) is 12.8 Å². The number of carbonyl (C=O) groups is 2. The van der Waals surface area contributed by atoms with Gasteiger partial charge in [-0.15, -0.1) is 10.2 Å². The van der Waals surface area contributed by atoms with E-state index in [1.165, 1.54) is 6.07 Å². The Hall–Kier alpha value is -3.35. The van der Waals surface area contributed by atoms with E-state index in [1.807, 2.05) is 20.8 Å². The molecule has 10 nitrogen and oxygen atoms in total. The molecule has 1 aliphatic heterocycles. The molecule has 0 aliphatic carbocycles. The number of rotatable bonds is 6. The van der Waals surface area contributed by atoms with Crippen LogP contribution in [0.4, 0.5) is 10.1 Å². The minimum absolute atomic E-state index is 0.0590. The van der Waals surface area contributed by atoms with Crippen molar-refractivity contribution in [2.24, 2.45) is 0 Å². The molecule has 0 saturated heterocycles. The first-order chi connectivity index (χ1) is 18.2. The number of benzene rings is 2. The van der Waals surface area contributed by atoms with Crippen molar-refractivity contribution in [3.8, 4) is 11.5 Å². The SMILES string of the molecule is CC[C@H](O)C(=O)N[C@H]1CS(=O)(=O)c2cc(F)c(-c3nnc(C(C)(C)C)o3)cc2N(Cc2ccc(Cl)cc2)C1=O. The highest BCUT2D eigenvalue weighted by molar-refractivity contribution is 7.91. The summed E-state index contributed by atoms with van der Waals surface area (Å²) in [7, 11) is -4.30. The number of hydrogen-bond acceptors (Lipinski definition) is 8. The molecule has 39 heavy (non-hydrogen) atoms. The lowest BCUT2D eigenvalue weighted by atomic mass is 9.97. The third kappa shape index (κ3) is 5.97. The second kappa shape index (κ2) is 10.7. The molecule has 0 spiro atoms. The molecular weight excluding hydrogens is 551 g/mol. The number of aliphatic hydroxyl groups excluding tert-OH is 1. The monoisotopic (exact) mass is 578 g/mol. The van der Waals surface area contributed by atoms with Crippen molar-refractivity contribution in [2.75, 3.05) is 10.7 Å². The molecule has 0 unspecified atom stereocenters. The molecule has 2 heterocycles. The van der Waals surface area contributed by atoms with Crippen LogP contribution in [0.5, 0.6) is 0 Å². The van der Waals surface area contributed by atoms with E-state index in [1.54, 1.807) is 31.2 Å². The van der Waals surface area contributed by atoms with Crippen molar-refractivity contribution in [1.29, 1.82) is 0 Å². The van der Waals surface area contributed by atoms with E-state index >= 15 is 4.39 Å². The van der Waals surface area contributed by atoms with Gasteiger partial charge in [0.25, 0.3) is 11.8 Å². The zero-order valence-corrected chi connectivity index (χ0v) is 23.3. The van der Waals surface area contributed by atoms with Gasteiger partial charge < -0.3 is 19.7 Å². The van der Waals surface area contributed by atoms with E-state index in [-0.39, 0.29) is 36.0 Å². The number of fused-ring (bicyclic) bond motifs is 1. The number of halogens is 2. The fourth-order valence-electron chi connectivity index (χ4n) is 3.98. The molecule has 13 heteroatoms. The molecule has 2 aromatic carbocycles. The number of nitrogens with zero attached hydrogens (tertiary/aromatic N) is 3. The van der Waals surface area contributed by atoms with Gasteiger partial charge in [0.1, 0.15) is 18.0 Å². The van der Waals surface area contributed by atoms with Crippen molar-refractivity contribution in [3.63, 3.8) is 0 Å². The molecule has 1 aromatic heterocycles. The standard InChI is InChI=1S/C26H28ClFN4O6S/c1-5-20(33)22(34)29-18-13-39(36,37)21-11-17(28)16(23-30-31-25(38-23)26(2,3)4)10-19(21)32(24(18)35)12-14-6-8-15(27)9-7-14/h6-11,18,20,33H,5,12-13H2,1-4H3,(H,29,34)/t18-,20-/m0/s1. The maximum atomic E-state index is 15.4. The summed E-state index contributed by atoms with van der Waals surface area (Å²) in [5.41, 5.74) is -0.239. The van der Waals surface area contributed by atoms with E-state index in [4.69, 9.17) is 16.0 Å². The quantitative estimate of drug-likeness (QED) is 0.453. The van der Waals surface area contributed by atoms with Gasteiger partial charge in [0, 0.05) is 10.4 Å². The first kappa shape index (κ1) is 28.7. The number of aliphatic hydroxyl groups is 1. The number of sulfone groups is 1. The molecule has 208 valence electrons. The summed E-state index contributed by atoms with van der Waals surface area (Å²) >= 11 is 6.00. The maximum absolute atomic E-state index is 15.4. The van der Waals surface area contributed by atoms with Crippen LogP contribution in [-0.4, -0.2) is 53.4 Å². The fraction of sp³-hybridized carbons (Fsp3) is 0.385. The molecule has 2 N–H and O–H groups in total. The van der Waals surface area contributed by atoms with Gasteiger partial charge in [-0.1, -0.05) is 51.4 Å². The van der Waals surface area contributed by atoms with Crippen molar-refractivity contribution in [2.45, 2.75) is 63.1 Å². The molecule has 1 aliphatic rings. The Bertz CT molecular complexity index is 1520. The van der Waals surface area contributed by atoms with Crippen molar-refractivity contribution < 1.29 is 31.9 Å². The molecule has 2 atom stereocenters. The Kier molecular flexibility index (Phi) is 7.84. The van der Waals surface area contributed by atoms with Gasteiger partial charge in [0.05, 0.1) is 28.4 Å². The van der Waals surface area contributed by atoms with Crippen LogP contribution in [0, 0.1) is 5.82 Å². The summed E-state index contributed by atoms with van der Waals surface area (Å²) in [6.45, 7) is 6.94. The van der Waals surface area contributed by atoms with Crippen LogP contribution < -0.4 is 10.2 Å². The van der Waals surface area contributed by atoms with Gasteiger partial charge >= 0.3 is 0 Å². The van der Waals surface area contributed by atoms with Gasteiger partial charge in [0.2, 0.25) is 11.8 Å². The minimum atomic E-state index is -4.30. The van der Waals surface area contributed by atoms with Crippen LogP contribution in [0.15, 0.2) is 45.7 Å². The van der Waals surface area contributed by atoms with Crippen LogP contribution in [0.25, 0.3) is 11.5 Å². The van der Waals surface area contributed by atoms with E-state index < -0.39 is 55.7 Å². The first-order valence-corrected chi connectivity index (χ1v) is 14.2. The maximum Gasteiger partial charge on any atom is 0.250 e. The second-order valence-corrected chi connectivity index (χ2v) is 12.7. The van der Waals surface area contributed by atoms with Crippen LogP contribution in [0.1, 0.15) is 45.6 Å². The average Bonchev–Trinajstić information content (AvgIpc) is 3.35. The lowest BCUT2D eigenvalue weighted by Crippen LogP contribution is -2.52. The molecule has 3 aromatic rings. The number of nitrogens with one attached hydrogen (secondary N) is 1. The third-order valence-electron chi connectivity index (χ3n) is 6.18. The molecule has 0 bridgehead atoms. The van der Waals surface area contributed by atoms with Crippen molar-refractivity contribution in [1.82, 2.24) is 15.5 Å². The summed E-state index contributed by atoms with van der Waals surface area (Å²) in [6, 6.07) is 6.98. The summed E-state index contributed by atoms with van der Waals surface area (Å²) in [5, 5.41) is 20.6. The molecule has 4 rings (SSSR count). The Balaban J connectivity index is 1.87. The van der Waals surface area contributed by atoms with Gasteiger partial charge in [-0.05, 0) is 36.2 Å². The van der Waals surface area contributed by atoms with E-state index in [0.29, 0.717) is 10.6 Å². The Morgan fingerprint density at radius 1 is 1.26 bits per heavy atom. The summed E-state index contributed by atoms with van der Waals surface area (Å²) in [6.07, 6.45) is -1.38. The fourth-order valence-corrected chi connectivity index (χ4v) is 5.72. The van der Waals surface area contributed by atoms with Gasteiger partial charge in [-0.2, -0.15) is 0 Å². The topological polar surface area (TPSA) is 143 Å². The van der Waals surface area contributed by atoms with E-state index in [9.17, 15) is 23.1 Å². The number of anilines is 1. The van der Waals surface area contributed by atoms with Crippen LogP contribution in [0.2, 0.25) is 5.02 Å². The lowest BCUT2D eigenvalue weighted by Gasteiger charge is -2.26. The smallest absolute Gasteiger partial charge is 0.250 e. The van der Waals surface area contributed by atoms with E-state index in [0.717, 1.165) is 11.0 Å². The highest BCUT2D eigenvalue weighted by Crippen LogP contribution is 2.38. The number of hydrogen-bond donors (Lipinski definition) is 2. The van der Waals surface area contributed by atoms with Crippen LogP contribution in [-0.2, 0) is 31.4 Å². The van der Waals surface area contributed by atoms with Gasteiger partial charge in [-0.3, -0.25) is 9.59 Å². The number of carbonyl (C=O) groups excluding carboxylic acids is 2. The normalized spacial score (nSPS) is 17.9. The molecular formula is C26H28ClFN4O6S. The minimum Gasteiger partial charge on any atom is -0.420 e. The van der Waals surface area contributed by atoms with Crippen molar-refractivity contribution in [3.05, 3.63) is 58.7 Å². The molecule has 0 radical (unpaired) electrons. The predicted octanol–water partition coefficient (Wildman–Crippen LogP) is 3.40. The second-order valence-electron chi connectivity index (χ2n) is 10.3. The van der Waals surface area contributed by atoms with Crippen LogP contribution in [0.3, 0.4) is 0 Å². The van der Waals surface area contributed by atoms with Gasteiger partial charge in [0.15, 0.2) is 9.84 Å². The largest absolute Gasteiger partial charge is 0.420 e. The highest BCUT2D eigenvalue weighted by Gasteiger charge is 2.40. The first-order valence-electron chi connectivity index (χ1n) is 12.2. The summed E-state index contributed by atoms with van der Waals surface area (Å²) in [4.78, 5) is 26.9.